The number of thioether (sulfide) groups is 1. The van der Waals surface area contributed by atoms with Gasteiger partial charge in [-0.05, 0) is 230 Å². The van der Waals surface area contributed by atoms with Gasteiger partial charge in [0.15, 0.2) is 0 Å². The van der Waals surface area contributed by atoms with Crippen molar-refractivity contribution in [1.29, 1.82) is 0 Å². The molecule has 14 rings (SSSR count). The maximum Gasteiger partial charge on any atom is 0.0947 e. The molecule has 0 N–H and O–H groups in total. The average molecular weight is 1630 g/mol. The van der Waals surface area contributed by atoms with Gasteiger partial charge in [-0.1, -0.05) is 192 Å². The minimum absolute atomic E-state index is 0.211. The second kappa shape index (κ2) is 39.6. The zero-order valence-electron chi connectivity index (χ0n) is 62.7. The molecule has 4 aliphatic rings. The van der Waals surface area contributed by atoms with Crippen molar-refractivity contribution >= 4 is 139 Å². The Morgan fingerprint density at radius 3 is 1.05 bits per heavy atom. The molecular formula is C88H100Cl8N8OS2. The lowest BCUT2D eigenvalue weighted by atomic mass is 9.91. The minimum atomic E-state index is 0.211. The van der Waals surface area contributed by atoms with E-state index in [9.17, 15) is 0 Å². The third-order valence-corrected chi connectivity index (χ3v) is 24.3. The largest absolute Gasteiger partial charge is 0.472 e. The predicted octanol–water partition coefficient (Wildman–Crippen LogP) is 24.9. The highest BCUT2D eigenvalue weighted by atomic mass is 35.5. The predicted molar refractivity (Wildman–Crippen MR) is 464 cm³/mol. The fourth-order valence-corrected chi connectivity index (χ4v) is 17.7. The molecule has 2 aromatic heterocycles. The Kier molecular flexibility index (Phi) is 30.5. The zero-order valence-corrected chi connectivity index (χ0v) is 70.4. The van der Waals surface area contributed by atoms with Crippen molar-refractivity contribution < 1.29 is 4.42 Å². The molecule has 0 amide bonds. The van der Waals surface area contributed by atoms with Crippen molar-refractivity contribution in [3.05, 3.63) is 301 Å². The highest BCUT2D eigenvalue weighted by molar-refractivity contribution is 7.98. The summed E-state index contributed by atoms with van der Waals surface area (Å²) in [6.45, 7) is 31.2. The van der Waals surface area contributed by atoms with Crippen LogP contribution in [0.4, 0.5) is 22.7 Å². The Labute approximate surface area is 685 Å². The number of anilines is 4. The minimum Gasteiger partial charge on any atom is -0.472 e. The van der Waals surface area contributed by atoms with Crippen LogP contribution in [0, 0.1) is 33.1 Å². The topological polar surface area (TPSA) is 39.1 Å². The van der Waals surface area contributed by atoms with Crippen LogP contribution in [0.15, 0.2) is 210 Å². The molecule has 8 aromatic carbocycles. The van der Waals surface area contributed by atoms with E-state index in [0.29, 0.717) is 5.41 Å². The molecule has 0 radical (unpaired) electrons. The van der Waals surface area contributed by atoms with E-state index >= 15 is 0 Å². The van der Waals surface area contributed by atoms with E-state index in [1.807, 2.05) is 96.1 Å². The quantitative estimate of drug-likeness (QED) is 0.0776. The van der Waals surface area contributed by atoms with Crippen LogP contribution in [0.5, 0.6) is 0 Å². The standard InChI is InChI=1S/C23H30Cl2N2.C22H22Cl2N2O.C22H22Cl2N2S.C21H26Cl2N2S/c1-17-5-10-21(20(25)15-17)27-14-13-26(12-11-23(2,3)4)16-22(27)18-6-8-19(24)9-7-18;1-16-2-7-21(20(24)12-16)26-10-9-25(13-17-8-11-27-15-17)14-22(26)18-3-5-19(23)6-4-18;1-16-4-9-21(20(24)13-16)26-11-10-25(14-19-3-2-12-27-19)15-22(26)17-5-7-18(23)8-6-17;1-16-4-9-20(19(23)14-16)25-12-11-24(10-3-13-26-2)15-21(25)17-5-7-18(22)8-6-17/h5-10,15,22H,11-14,16H2,1-4H3;2-8,11-12,15,22H,9-10,13-14H2,1H3;2-9,12-13,22H,10-11,14-15H2,1H3;4-9,14,21H,3,10-13,15H2,1-2H3. The first-order chi connectivity index (χ1) is 51.5. The van der Waals surface area contributed by atoms with Gasteiger partial charge >= 0.3 is 0 Å². The lowest BCUT2D eigenvalue weighted by Gasteiger charge is -2.44. The first kappa shape index (κ1) is 82.4. The molecule has 19 heteroatoms. The van der Waals surface area contributed by atoms with Crippen molar-refractivity contribution in [3.63, 3.8) is 0 Å². The maximum absolute atomic E-state index is 6.62. The van der Waals surface area contributed by atoms with Crippen LogP contribution in [0.3, 0.4) is 0 Å². The van der Waals surface area contributed by atoms with Crippen molar-refractivity contribution in [2.24, 2.45) is 5.41 Å². The molecule has 0 spiro atoms. The number of hydrogen-bond donors (Lipinski definition) is 0. The number of rotatable bonds is 18. The van der Waals surface area contributed by atoms with Gasteiger partial charge in [-0.15, -0.1) is 11.3 Å². The van der Waals surface area contributed by atoms with Crippen LogP contribution in [-0.2, 0) is 13.1 Å². The molecule has 0 aliphatic carbocycles. The summed E-state index contributed by atoms with van der Waals surface area (Å²) in [6, 6.07) is 65.6. The van der Waals surface area contributed by atoms with Gasteiger partial charge < -0.3 is 24.0 Å². The second-order valence-corrected chi connectivity index (χ2v) is 35.2. The van der Waals surface area contributed by atoms with E-state index in [1.54, 1.807) is 6.26 Å². The van der Waals surface area contributed by atoms with Crippen LogP contribution in [0.1, 0.15) is 113 Å². The van der Waals surface area contributed by atoms with E-state index in [2.05, 4.69) is 221 Å². The van der Waals surface area contributed by atoms with Gasteiger partial charge in [0.1, 0.15) is 0 Å². The molecule has 107 heavy (non-hydrogen) atoms. The molecule has 566 valence electrons. The first-order valence-electron chi connectivity index (χ1n) is 37.1. The van der Waals surface area contributed by atoms with Gasteiger partial charge in [0, 0.05) is 122 Å². The smallest absolute Gasteiger partial charge is 0.0947 e. The fraction of sp³-hybridized carbons (Fsp3) is 0.364. The van der Waals surface area contributed by atoms with Crippen LogP contribution < -0.4 is 19.6 Å². The van der Waals surface area contributed by atoms with E-state index in [0.717, 1.165) is 168 Å². The monoisotopic (exact) mass is 1630 g/mol. The lowest BCUT2D eigenvalue weighted by Crippen LogP contribution is -2.49. The Morgan fingerprint density at radius 2 is 0.738 bits per heavy atom. The molecule has 4 fully saturated rings. The number of furan rings is 1. The van der Waals surface area contributed by atoms with Gasteiger partial charge in [-0.25, -0.2) is 0 Å². The molecule has 10 aromatic rings. The van der Waals surface area contributed by atoms with E-state index in [1.165, 1.54) is 73.5 Å². The Bertz CT molecular complexity index is 4240. The second-order valence-electron chi connectivity index (χ2n) is 29.8. The fourth-order valence-electron chi connectivity index (χ4n) is 14.7. The average Bonchev–Trinajstić information content (AvgIpc) is 1.06. The molecular weight excluding hydrogens is 1530 g/mol. The van der Waals surface area contributed by atoms with Crippen LogP contribution in [0.2, 0.25) is 40.2 Å². The van der Waals surface area contributed by atoms with Crippen molar-refractivity contribution in [2.75, 3.05) is 123 Å². The van der Waals surface area contributed by atoms with Gasteiger partial charge in [-0.3, -0.25) is 19.6 Å². The van der Waals surface area contributed by atoms with Crippen LogP contribution >= 0.6 is 116 Å². The highest BCUT2D eigenvalue weighted by Crippen LogP contribution is 2.42. The maximum atomic E-state index is 6.62. The number of thiophene rings is 1. The highest BCUT2D eigenvalue weighted by Gasteiger charge is 2.35. The lowest BCUT2D eigenvalue weighted by molar-refractivity contribution is 0.193. The van der Waals surface area contributed by atoms with Crippen LogP contribution in [-0.4, -0.2) is 123 Å². The van der Waals surface area contributed by atoms with E-state index in [-0.39, 0.29) is 24.2 Å². The summed E-state index contributed by atoms with van der Waals surface area (Å²) in [5.74, 6) is 1.22. The van der Waals surface area contributed by atoms with E-state index < -0.39 is 0 Å². The summed E-state index contributed by atoms with van der Waals surface area (Å²) in [5, 5.41) is 8.51. The molecule has 9 nitrogen and oxygen atoms in total. The number of piperazine rings is 4. The summed E-state index contributed by atoms with van der Waals surface area (Å²) in [7, 11) is 0. The van der Waals surface area contributed by atoms with Gasteiger partial charge in [-0.2, -0.15) is 11.8 Å². The molecule has 4 aliphatic heterocycles. The Hall–Kier alpha value is -5.55. The van der Waals surface area contributed by atoms with E-state index in [4.69, 9.17) is 97.2 Å². The summed E-state index contributed by atoms with van der Waals surface area (Å²) in [6.07, 6.45) is 8.16. The number of nitrogens with zero attached hydrogens (tertiary/aromatic N) is 8. The van der Waals surface area contributed by atoms with Crippen molar-refractivity contribution in [3.8, 4) is 0 Å². The zero-order chi connectivity index (χ0) is 75.7. The van der Waals surface area contributed by atoms with Gasteiger partial charge in [0.25, 0.3) is 0 Å². The molecule has 4 atom stereocenters. The number of aryl methyl sites for hydroxylation is 4. The van der Waals surface area contributed by atoms with Crippen molar-refractivity contribution in [1.82, 2.24) is 19.6 Å². The van der Waals surface area contributed by atoms with Gasteiger partial charge in [0.2, 0.25) is 0 Å². The SMILES string of the molecule is CSCCCN1CCN(c2ccc(C)cc2Cl)C(c2ccc(Cl)cc2)C1.Cc1ccc(N2CCN(CCC(C)(C)C)CC2c2ccc(Cl)cc2)c(Cl)c1.Cc1ccc(N2CCN(Cc3cccs3)CC2c2ccc(Cl)cc2)c(Cl)c1.Cc1ccc(N2CCN(Cc3ccoc3)CC2c2ccc(Cl)cc2)c(Cl)c1. The Morgan fingerprint density at radius 1 is 0.402 bits per heavy atom. The number of hydrogen-bond acceptors (Lipinski definition) is 11. The normalized spacial score (nSPS) is 18.3. The summed E-state index contributed by atoms with van der Waals surface area (Å²) < 4.78 is 5.23. The summed E-state index contributed by atoms with van der Waals surface area (Å²) >= 11 is 54.7. The molecule has 0 bridgehead atoms. The van der Waals surface area contributed by atoms with Crippen LogP contribution in [0.25, 0.3) is 0 Å². The summed E-state index contributed by atoms with van der Waals surface area (Å²) in [4.78, 5) is 21.3. The Balaban J connectivity index is 0.000000142. The number of benzene rings is 8. The number of halogens is 8. The molecule has 6 heterocycles. The molecule has 4 saturated heterocycles. The third-order valence-electron chi connectivity index (χ3n) is 20.5. The summed E-state index contributed by atoms with van der Waals surface area (Å²) in [5.41, 5.74) is 15.8. The first-order valence-corrected chi connectivity index (χ1v) is 42.4. The van der Waals surface area contributed by atoms with Crippen molar-refractivity contribution in [2.45, 2.75) is 98.6 Å². The molecule has 0 saturated carbocycles. The molecule has 4 unspecified atom stereocenters. The third kappa shape index (κ3) is 23.5. The van der Waals surface area contributed by atoms with Gasteiger partial charge in [0.05, 0.1) is 79.5 Å².